The lowest BCUT2D eigenvalue weighted by atomic mass is 10.0. The molecule has 0 saturated heterocycles. The first kappa shape index (κ1) is 19.2. The Morgan fingerprint density at radius 2 is 1.96 bits per heavy atom. The monoisotopic (exact) mass is 316 g/mol. The first-order chi connectivity index (χ1) is 10.9. The van der Waals surface area contributed by atoms with Crippen molar-refractivity contribution in [2.45, 2.75) is 59.5 Å². The molecule has 0 saturated carbocycles. The molecule has 0 bridgehead atoms. The summed E-state index contributed by atoms with van der Waals surface area (Å²) in [5.74, 6) is -0.215. The zero-order valence-corrected chi connectivity index (χ0v) is 14.6. The summed E-state index contributed by atoms with van der Waals surface area (Å²) in [5.41, 5.74) is 4.09. The number of ketones is 1. The molecule has 0 aliphatic carbocycles. The zero-order chi connectivity index (χ0) is 17.2. The molecular weight excluding hydrogens is 288 g/mol. The van der Waals surface area contributed by atoms with Crippen molar-refractivity contribution >= 4 is 5.78 Å². The summed E-state index contributed by atoms with van der Waals surface area (Å²) in [6.45, 7) is 7.61. The van der Waals surface area contributed by atoms with E-state index in [4.69, 9.17) is 4.42 Å². The standard InChI is InChI=1S/C20H28O3/c1-15(2)13-19(21)20(22)17(4)9-5-7-16(3)8-6-10-18-11-12-23-14-18/h8-9,11-14,19,21H,5-7,10H2,1-4H3/t19-/m0/s1. The highest BCUT2D eigenvalue weighted by molar-refractivity contribution is 5.99. The molecule has 0 aromatic carbocycles. The van der Waals surface area contributed by atoms with Gasteiger partial charge in [-0.25, -0.2) is 0 Å². The third kappa shape index (κ3) is 7.80. The molecule has 0 aliphatic heterocycles. The molecule has 23 heavy (non-hydrogen) atoms. The molecule has 0 fully saturated rings. The Morgan fingerprint density at radius 1 is 1.22 bits per heavy atom. The Labute approximate surface area is 139 Å². The fourth-order valence-corrected chi connectivity index (χ4v) is 2.26. The van der Waals surface area contributed by atoms with Crippen molar-refractivity contribution in [3.05, 3.63) is 59.1 Å². The van der Waals surface area contributed by atoms with Crippen LogP contribution in [0.5, 0.6) is 0 Å². The Balaban J connectivity index is 2.38. The molecule has 1 N–H and O–H groups in total. The van der Waals surface area contributed by atoms with Gasteiger partial charge in [0.25, 0.3) is 0 Å². The van der Waals surface area contributed by atoms with Crippen molar-refractivity contribution < 1.29 is 14.3 Å². The maximum absolute atomic E-state index is 12.0. The number of aliphatic hydroxyl groups is 1. The van der Waals surface area contributed by atoms with Crippen molar-refractivity contribution in [1.82, 2.24) is 0 Å². The van der Waals surface area contributed by atoms with Crippen molar-refractivity contribution in [3.63, 3.8) is 0 Å². The van der Waals surface area contributed by atoms with Gasteiger partial charge in [-0.3, -0.25) is 4.79 Å². The van der Waals surface area contributed by atoms with Gasteiger partial charge in [-0.15, -0.1) is 0 Å². The van der Waals surface area contributed by atoms with E-state index in [1.165, 1.54) is 11.1 Å². The minimum Gasteiger partial charge on any atom is -0.472 e. The maximum Gasteiger partial charge on any atom is 0.190 e. The van der Waals surface area contributed by atoms with E-state index in [0.29, 0.717) is 5.57 Å². The molecule has 0 spiro atoms. The van der Waals surface area contributed by atoms with Crippen molar-refractivity contribution in [2.75, 3.05) is 0 Å². The van der Waals surface area contributed by atoms with Crippen LogP contribution in [-0.4, -0.2) is 17.0 Å². The second-order valence-electron chi connectivity index (χ2n) is 6.20. The van der Waals surface area contributed by atoms with E-state index in [0.717, 1.165) is 31.3 Å². The van der Waals surface area contributed by atoms with Crippen LogP contribution in [0, 0.1) is 0 Å². The van der Waals surface area contributed by atoms with Crippen molar-refractivity contribution in [1.29, 1.82) is 0 Å². The van der Waals surface area contributed by atoms with Gasteiger partial charge in [0, 0.05) is 0 Å². The van der Waals surface area contributed by atoms with Crippen LogP contribution in [0.15, 0.2) is 58.0 Å². The molecule has 126 valence electrons. The van der Waals surface area contributed by atoms with Crippen LogP contribution in [0.4, 0.5) is 0 Å². The molecule has 1 heterocycles. The van der Waals surface area contributed by atoms with Crippen LogP contribution < -0.4 is 0 Å². The predicted molar refractivity (Wildman–Crippen MR) is 94.2 cm³/mol. The van der Waals surface area contributed by atoms with Gasteiger partial charge in [-0.1, -0.05) is 23.3 Å². The van der Waals surface area contributed by atoms with Gasteiger partial charge < -0.3 is 9.52 Å². The Bertz CT molecular complexity index is 570. The molecule has 1 aromatic rings. The molecule has 1 atom stereocenters. The van der Waals surface area contributed by atoms with Crippen molar-refractivity contribution in [2.24, 2.45) is 0 Å². The number of Topliss-reactive ketones (excluding diaryl/α,β-unsaturated/α-hetero) is 1. The minimum atomic E-state index is -1.03. The fourth-order valence-electron chi connectivity index (χ4n) is 2.26. The van der Waals surface area contributed by atoms with Crippen LogP contribution in [0.3, 0.4) is 0 Å². The first-order valence-corrected chi connectivity index (χ1v) is 8.11. The lowest BCUT2D eigenvalue weighted by molar-refractivity contribution is -0.121. The van der Waals surface area contributed by atoms with Crippen LogP contribution in [0.1, 0.15) is 52.5 Å². The topological polar surface area (TPSA) is 50.4 Å². The van der Waals surface area contributed by atoms with Gasteiger partial charge in [0.05, 0.1) is 12.5 Å². The SMILES string of the molecule is CC(C)=C[C@H](O)C(=O)C(C)=CCCC(C)=CCCc1ccoc1. The number of carbonyl (C=O) groups is 1. The van der Waals surface area contributed by atoms with Crippen LogP contribution in [0.2, 0.25) is 0 Å². The highest BCUT2D eigenvalue weighted by Crippen LogP contribution is 2.12. The molecule has 3 heteroatoms. The number of allylic oxidation sites excluding steroid dienone is 4. The van der Waals surface area contributed by atoms with Crippen LogP contribution in [0.25, 0.3) is 0 Å². The van der Waals surface area contributed by atoms with Gasteiger partial charge in [-0.05, 0) is 76.7 Å². The Kier molecular flexibility index (Phi) is 8.35. The van der Waals surface area contributed by atoms with E-state index in [1.54, 1.807) is 25.5 Å². The molecule has 0 radical (unpaired) electrons. The summed E-state index contributed by atoms with van der Waals surface area (Å²) in [5, 5.41) is 9.79. The largest absolute Gasteiger partial charge is 0.472 e. The number of aliphatic hydroxyl groups excluding tert-OH is 1. The maximum atomic E-state index is 12.0. The third-order valence-corrected chi connectivity index (χ3v) is 3.64. The number of hydrogen-bond donors (Lipinski definition) is 1. The zero-order valence-electron chi connectivity index (χ0n) is 14.6. The van der Waals surface area contributed by atoms with E-state index in [2.05, 4.69) is 13.0 Å². The van der Waals surface area contributed by atoms with Crippen LogP contribution in [-0.2, 0) is 11.2 Å². The van der Waals surface area contributed by atoms with E-state index in [-0.39, 0.29) is 5.78 Å². The second kappa shape index (κ2) is 10.0. The number of furan rings is 1. The lowest BCUT2D eigenvalue weighted by Crippen LogP contribution is -2.18. The van der Waals surface area contributed by atoms with E-state index in [9.17, 15) is 9.90 Å². The molecule has 0 aliphatic rings. The third-order valence-electron chi connectivity index (χ3n) is 3.64. The number of carbonyl (C=O) groups excluding carboxylic acids is 1. The number of rotatable bonds is 9. The average Bonchev–Trinajstić information content (AvgIpc) is 2.98. The second-order valence-corrected chi connectivity index (χ2v) is 6.20. The lowest BCUT2D eigenvalue weighted by Gasteiger charge is -2.06. The van der Waals surface area contributed by atoms with Gasteiger partial charge in [0.1, 0.15) is 6.10 Å². The van der Waals surface area contributed by atoms with Gasteiger partial charge in [0.2, 0.25) is 0 Å². The minimum absolute atomic E-state index is 0.215. The summed E-state index contributed by atoms with van der Waals surface area (Å²) < 4.78 is 5.04. The molecule has 0 amide bonds. The predicted octanol–water partition coefficient (Wildman–Crippen LogP) is 4.78. The summed E-state index contributed by atoms with van der Waals surface area (Å²) in [7, 11) is 0. The molecule has 1 aromatic heterocycles. The van der Waals surface area contributed by atoms with Gasteiger partial charge >= 0.3 is 0 Å². The fraction of sp³-hybridized carbons (Fsp3) is 0.450. The Hall–Kier alpha value is -1.87. The summed E-state index contributed by atoms with van der Waals surface area (Å²) in [4.78, 5) is 12.0. The summed E-state index contributed by atoms with van der Waals surface area (Å²) in [6, 6.07) is 1.98. The molecular formula is C20H28O3. The van der Waals surface area contributed by atoms with Gasteiger partial charge in [0.15, 0.2) is 5.78 Å². The molecule has 1 rings (SSSR count). The Morgan fingerprint density at radius 3 is 2.57 bits per heavy atom. The van der Waals surface area contributed by atoms with Gasteiger partial charge in [-0.2, -0.15) is 0 Å². The number of aryl methyl sites for hydroxylation is 1. The molecule has 0 unspecified atom stereocenters. The summed E-state index contributed by atoms with van der Waals surface area (Å²) >= 11 is 0. The quantitative estimate of drug-likeness (QED) is 0.527. The van der Waals surface area contributed by atoms with E-state index in [1.807, 2.05) is 26.0 Å². The first-order valence-electron chi connectivity index (χ1n) is 8.11. The van der Waals surface area contributed by atoms with Crippen LogP contribution >= 0.6 is 0 Å². The van der Waals surface area contributed by atoms with Crippen molar-refractivity contribution in [3.8, 4) is 0 Å². The summed E-state index contributed by atoms with van der Waals surface area (Å²) in [6.07, 6.45) is 11.9. The average molecular weight is 316 g/mol. The highest BCUT2D eigenvalue weighted by atomic mass is 16.3. The molecule has 3 nitrogen and oxygen atoms in total. The smallest absolute Gasteiger partial charge is 0.190 e. The number of hydrogen-bond acceptors (Lipinski definition) is 3. The highest BCUT2D eigenvalue weighted by Gasteiger charge is 2.13. The van der Waals surface area contributed by atoms with E-state index < -0.39 is 6.10 Å². The normalized spacial score (nSPS) is 13.8. The van der Waals surface area contributed by atoms with E-state index >= 15 is 0 Å².